The quantitative estimate of drug-likeness (QED) is 0.400. The summed E-state index contributed by atoms with van der Waals surface area (Å²) in [5, 5.41) is 6.90. The number of likely N-dealkylation sites (tertiary alicyclic amines) is 1. The summed E-state index contributed by atoms with van der Waals surface area (Å²) in [5.41, 5.74) is 0.334. The highest BCUT2D eigenvalue weighted by molar-refractivity contribution is 6.43. The number of amides is 1. The SMILES string of the molecule is C=N/C(=C\C(=N/C)C(=O)N1CCC(N[C@H]2CCOC[C@H]2OC)CC1)NC[C@H]1CCC[C@@H](c2ccc(C(F)(F)F)cc2)O1. The number of piperidine rings is 1. The van der Waals surface area contributed by atoms with E-state index >= 15 is 0 Å². The van der Waals surface area contributed by atoms with E-state index in [0.717, 1.165) is 62.8 Å². The molecule has 3 heterocycles. The number of ether oxygens (including phenoxy) is 3. The largest absolute Gasteiger partial charge is 0.416 e. The summed E-state index contributed by atoms with van der Waals surface area (Å²) in [6.07, 6.45) is 1.80. The summed E-state index contributed by atoms with van der Waals surface area (Å²) in [7, 11) is 3.28. The number of rotatable bonds is 10. The fourth-order valence-electron chi connectivity index (χ4n) is 5.75. The van der Waals surface area contributed by atoms with Crippen LogP contribution in [0, 0.1) is 0 Å². The lowest BCUT2D eigenvalue weighted by Crippen LogP contribution is -2.54. The summed E-state index contributed by atoms with van der Waals surface area (Å²) in [6.45, 7) is 6.60. The molecular formula is C30H42F3N5O4. The third-order valence-electron chi connectivity index (χ3n) is 8.21. The molecule has 0 spiro atoms. The molecule has 0 unspecified atom stereocenters. The summed E-state index contributed by atoms with van der Waals surface area (Å²) in [6, 6.07) is 5.70. The van der Waals surface area contributed by atoms with Crippen LogP contribution >= 0.6 is 0 Å². The van der Waals surface area contributed by atoms with E-state index in [-0.39, 0.29) is 36.0 Å². The van der Waals surface area contributed by atoms with E-state index in [1.54, 1.807) is 20.2 Å². The van der Waals surface area contributed by atoms with Gasteiger partial charge in [-0.3, -0.25) is 9.79 Å². The van der Waals surface area contributed by atoms with Crippen LogP contribution in [0.4, 0.5) is 13.2 Å². The molecule has 0 bridgehead atoms. The molecule has 0 saturated carbocycles. The molecule has 1 amide bonds. The molecule has 1 aromatic carbocycles. The van der Waals surface area contributed by atoms with Crippen molar-refractivity contribution in [1.82, 2.24) is 15.5 Å². The zero-order valence-corrected chi connectivity index (χ0v) is 24.4. The van der Waals surface area contributed by atoms with Gasteiger partial charge in [-0.25, -0.2) is 4.99 Å². The van der Waals surface area contributed by atoms with Crippen LogP contribution in [0.2, 0.25) is 0 Å². The van der Waals surface area contributed by atoms with Crippen LogP contribution in [-0.2, 0) is 25.2 Å². The zero-order chi connectivity index (χ0) is 30.1. The molecule has 3 saturated heterocycles. The third kappa shape index (κ3) is 8.62. The standard InChI is InChI=1S/C30H42F3N5O4/c1-34-25(29(39)38-14-11-22(12-15-38)37-24-13-16-41-19-27(24)40-3)17-28(35-2)36-18-23-5-4-6-26(42-23)20-7-9-21(10-8-20)30(31,32)33/h7-10,17,22-24,26-27,36-37H,2,4-6,11-16,18-19H2,1,3H3/b28-17+,34-25+/t23-,24+,26+,27-/m1/s1. The van der Waals surface area contributed by atoms with Gasteiger partial charge in [0.25, 0.3) is 5.91 Å². The molecule has 4 rings (SSSR count). The van der Waals surface area contributed by atoms with Crippen LogP contribution in [0.1, 0.15) is 55.8 Å². The fraction of sp³-hybridized carbons (Fsp3) is 0.633. The maximum absolute atomic E-state index is 13.3. The molecule has 232 valence electrons. The van der Waals surface area contributed by atoms with Gasteiger partial charge < -0.3 is 29.7 Å². The highest BCUT2D eigenvalue weighted by Crippen LogP contribution is 2.34. The van der Waals surface area contributed by atoms with E-state index < -0.39 is 11.7 Å². The third-order valence-corrected chi connectivity index (χ3v) is 8.21. The van der Waals surface area contributed by atoms with E-state index in [0.29, 0.717) is 38.1 Å². The Balaban J connectivity index is 1.27. The molecule has 12 heteroatoms. The van der Waals surface area contributed by atoms with E-state index in [1.165, 1.54) is 12.1 Å². The van der Waals surface area contributed by atoms with Gasteiger partial charge in [0.15, 0.2) is 0 Å². The highest BCUT2D eigenvalue weighted by atomic mass is 19.4. The Bertz CT molecular complexity index is 1100. The van der Waals surface area contributed by atoms with Crippen LogP contribution < -0.4 is 10.6 Å². The zero-order valence-electron chi connectivity index (χ0n) is 24.4. The van der Waals surface area contributed by atoms with E-state index in [4.69, 9.17) is 14.2 Å². The smallest absolute Gasteiger partial charge is 0.379 e. The maximum Gasteiger partial charge on any atom is 0.416 e. The summed E-state index contributed by atoms with van der Waals surface area (Å²) >= 11 is 0. The number of benzene rings is 1. The van der Waals surface area contributed by atoms with Crippen molar-refractivity contribution in [2.24, 2.45) is 9.98 Å². The van der Waals surface area contributed by atoms with E-state index in [1.807, 2.05) is 4.90 Å². The van der Waals surface area contributed by atoms with Crippen LogP contribution in [-0.4, -0.2) is 94.5 Å². The maximum atomic E-state index is 13.3. The number of alkyl halides is 3. The van der Waals surface area contributed by atoms with Gasteiger partial charge in [0.2, 0.25) is 0 Å². The fourth-order valence-corrected chi connectivity index (χ4v) is 5.75. The number of nitrogens with zero attached hydrogens (tertiary/aromatic N) is 3. The van der Waals surface area contributed by atoms with Crippen LogP contribution in [0.3, 0.4) is 0 Å². The number of hydrogen-bond donors (Lipinski definition) is 2. The molecule has 0 aliphatic carbocycles. The van der Waals surface area contributed by atoms with Gasteiger partial charge in [-0.1, -0.05) is 12.1 Å². The molecule has 0 aromatic heterocycles. The Kier molecular flexibility index (Phi) is 11.5. The van der Waals surface area contributed by atoms with Gasteiger partial charge >= 0.3 is 6.18 Å². The second-order valence-corrected chi connectivity index (χ2v) is 11.0. The first kappa shape index (κ1) is 32.1. The topological polar surface area (TPSA) is 96.8 Å². The van der Waals surface area contributed by atoms with E-state index in [2.05, 4.69) is 27.3 Å². The number of carbonyl (C=O) groups is 1. The van der Waals surface area contributed by atoms with Crippen LogP contribution in [0.15, 0.2) is 46.1 Å². The first-order valence-electron chi connectivity index (χ1n) is 14.6. The molecule has 9 nitrogen and oxygen atoms in total. The van der Waals surface area contributed by atoms with Crippen molar-refractivity contribution in [3.63, 3.8) is 0 Å². The lowest BCUT2D eigenvalue weighted by molar-refractivity contribution is -0.137. The van der Waals surface area contributed by atoms with Crippen molar-refractivity contribution in [3.05, 3.63) is 47.3 Å². The number of hydrogen-bond acceptors (Lipinski definition) is 8. The number of methoxy groups -OCH3 is 1. The first-order chi connectivity index (χ1) is 20.2. The van der Waals surface area contributed by atoms with Crippen molar-refractivity contribution in [1.29, 1.82) is 0 Å². The van der Waals surface area contributed by atoms with Crippen molar-refractivity contribution >= 4 is 18.3 Å². The minimum Gasteiger partial charge on any atom is -0.379 e. The molecule has 3 aliphatic rings. The Morgan fingerprint density at radius 2 is 1.90 bits per heavy atom. The van der Waals surface area contributed by atoms with Gasteiger partial charge in [0, 0.05) is 58.6 Å². The van der Waals surface area contributed by atoms with Crippen molar-refractivity contribution in [2.45, 2.75) is 75.1 Å². The predicted octanol–water partition coefficient (Wildman–Crippen LogP) is 3.90. The summed E-state index contributed by atoms with van der Waals surface area (Å²) in [4.78, 5) is 23.4. The predicted molar refractivity (Wildman–Crippen MR) is 155 cm³/mol. The molecular weight excluding hydrogens is 551 g/mol. The Hall–Kier alpha value is -2.80. The summed E-state index contributed by atoms with van der Waals surface area (Å²) in [5.74, 6) is 0.252. The van der Waals surface area contributed by atoms with Gasteiger partial charge in [0.1, 0.15) is 11.5 Å². The van der Waals surface area contributed by atoms with Crippen LogP contribution in [0.25, 0.3) is 0 Å². The summed E-state index contributed by atoms with van der Waals surface area (Å²) < 4.78 is 56.0. The van der Waals surface area contributed by atoms with Gasteiger partial charge in [-0.05, 0) is 62.9 Å². The normalized spacial score (nSPS) is 26.6. The van der Waals surface area contributed by atoms with Gasteiger partial charge in [-0.2, -0.15) is 13.2 Å². The van der Waals surface area contributed by atoms with Gasteiger partial charge in [-0.15, -0.1) is 0 Å². The average molecular weight is 594 g/mol. The monoisotopic (exact) mass is 593 g/mol. The number of nitrogens with one attached hydrogen (secondary N) is 2. The average Bonchev–Trinajstić information content (AvgIpc) is 3.01. The van der Waals surface area contributed by atoms with Crippen molar-refractivity contribution < 1.29 is 32.2 Å². The van der Waals surface area contributed by atoms with Gasteiger partial charge in [0.05, 0.1) is 30.5 Å². The second kappa shape index (κ2) is 15.1. The Morgan fingerprint density at radius 3 is 2.55 bits per heavy atom. The second-order valence-electron chi connectivity index (χ2n) is 11.0. The minimum absolute atomic E-state index is 0.0365. The lowest BCUT2D eigenvalue weighted by Gasteiger charge is -2.38. The molecule has 3 fully saturated rings. The Labute approximate surface area is 245 Å². The molecule has 2 N–H and O–H groups in total. The lowest BCUT2D eigenvalue weighted by atomic mass is 9.97. The van der Waals surface area contributed by atoms with Crippen LogP contribution in [0.5, 0.6) is 0 Å². The van der Waals surface area contributed by atoms with Crippen molar-refractivity contribution in [2.75, 3.05) is 47.0 Å². The van der Waals surface area contributed by atoms with E-state index in [9.17, 15) is 18.0 Å². The molecule has 4 atom stereocenters. The molecule has 42 heavy (non-hydrogen) atoms. The molecule has 3 aliphatic heterocycles. The molecule has 1 aromatic rings. The van der Waals surface area contributed by atoms with Crippen molar-refractivity contribution in [3.8, 4) is 0 Å². The molecule has 0 radical (unpaired) electrons. The minimum atomic E-state index is -4.37. The Morgan fingerprint density at radius 1 is 1.17 bits per heavy atom. The number of carbonyl (C=O) groups excluding carboxylic acids is 1. The number of halogens is 3. The first-order valence-corrected chi connectivity index (χ1v) is 14.6. The number of aliphatic imine (C=N–C) groups is 2. The highest BCUT2D eigenvalue weighted by Gasteiger charge is 2.32.